The molecule has 1 aliphatic carbocycles. The van der Waals surface area contributed by atoms with Crippen molar-refractivity contribution >= 4 is 5.78 Å². The maximum atomic E-state index is 11.3. The standard InChI is InChI=1S/C9H13N3O/c13-9-3-1-2-8(9)4-5-12-7-10-6-11-12/h6-8H,1-5H2. The van der Waals surface area contributed by atoms with Gasteiger partial charge in [0, 0.05) is 18.9 Å². The lowest BCUT2D eigenvalue weighted by molar-refractivity contribution is -0.120. The fourth-order valence-electron chi connectivity index (χ4n) is 1.83. The molecular weight excluding hydrogens is 166 g/mol. The summed E-state index contributed by atoms with van der Waals surface area (Å²) in [5.41, 5.74) is 0. The van der Waals surface area contributed by atoms with Gasteiger partial charge in [-0.05, 0) is 19.3 Å². The van der Waals surface area contributed by atoms with Gasteiger partial charge in [0.05, 0.1) is 0 Å². The predicted molar refractivity (Wildman–Crippen MR) is 47.0 cm³/mol. The van der Waals surface area contributed by atoms with E-state index in [1.807, 2.05) is 0 Å². The zero-order valence-corrected chi connectivity index (χ0v) is 7.52. The van der Waals surface area contributed by atoms with Gasteiger partial charge < -0.3 is 0 Å². The second-order valence-corrected chi connectivity index (χ2v) is 3.50. The molecule has 1 unspecified atom stereocenters. The second-order valence-electron chi connectivity index (χ2n) is 3.50. The zero-order chi connectivity index (χ0) is 9.10. The molecule has 0 bridgehead atoms. The van der Waals surface area contributed by atoms with Crippen LogP contribution in [0, 0.1) is 5.92 Å². The van der Waals surface area contributed by atoms with Crippen molar-refractivity contribution in [1.82, 2.24) is 14.8 Å². The molecule has 1 atom stereocenters. The first-order chi connectivity index (χ1) is 6.36. The van der Waals surface area contributed by atoms with Crippen molar-refractivity contribution in [3.05, 3.63) is 12.7 Å². The Balaban J connectivity index is 1.82. The molecule has 0 saturated heterocycles. The van der Waals surface area contributed by atoms with Gasteiger partial charge in [0.1, 0.15) is 18.4 Å². The lowest BCUT2D eigenvalue weighted by Crippen LogP contribution is -2.10. The van der Waals surface area contributed by atoms with Crippen molar-refractivity contribution in [2.45, 2.75) is 32.2 Å². The number of aromatic nitrogens is 3. The van der Waals surface area contributed by atoms with Crippen LogP contribution in [0.25, 0.3) is 0 Å². The third kappa shape index (κ3) is 1.94. The highest BCUT2D eigenvalue weighted by Crippen LogP contribution is 2.24. The Bertz CT molecular complexity index is 281. The van der Waals surface area contributed by atoms with Gasteiger partial charge in [0.2, 0.25) is 0 Å². The summed E-state index contributed by atoms with van der Waals surface area (Å²) in [6, 6.07) is 0. The number of carbonyl (C=O) groups excluding carboxylic acids is 1. The van der Waals surface area contributed by atoms with Crippen molar-refractivity contribution in [1.29, 1.82) is 0 Å². The van der Waals surface area contributed by atoms with E-state index < -0.39 is 0 Å². The lowest BCUT2D eigenvalue weighted by Gasteiger charge is -2.06. The molecule has 4 heteroatoms. The van der Waals surface area contributed by atoms with Crippen LogP contribution in [0.2, 0.25) is 0 Å². The Morgan fingerprint density at radius 1 is 1.62 bits per heavy atom. The summed E-state index contributed by atoms with van der Waals surface area (Å²) in [4.78, 5) is 15.1. The van der Waals surface area contributed by atoms with E-state index >= 15 is 0 Å². The molecule has 0 radical (unpaired) electrons. The number of nitrogens with zero attached hydrogens (tertiary/aromatic N) is 3. The molecule has 13 heavy (non-hydrogen) atoms. The third-order valence-corrected chi connectivity index (χ3v) is 2.60. The largest absolute Gasteiger partial charge is 0.299 e. The topological polar surface area (TPSA) is 47.8 Å². The Labute approximate surface area is 77.0 Å². The molecule has 1 saturated carbocycles. The van der Waals surface area contributed by atoms with Gasteiger partial charge in [-0.2, -0.15) is 5.10 Å². The van der Waals surface area contributed by atoms with Crippen LogP contribution in [0.5, 0.6) is 0 Å². The monoisotopic (exact) mass is 179 g/mol. The molecule has 1 aromatic heterocycles. The molecule has 0 aromatic carbocycles. The quantitative estimate of drug-likeness (QED) is 0.696. The number of hydrogen-bond acceptors (Lipinski definition) is 3. The fraction of sp³-hybridized carbons (Fsp3) is 0.667. The van der Waals surface area contributed by atoms with Crippen LogP contribution in [0.4, 0.5) is 0 Å². The van der Waals surface area contributed by atoms with E-state index in [1.165, 1.54) is 6.33 Å². The second kappa shape index (κ2) is 3.68. The number of carbonyl (C=O) groups is 1. The molecule has 2 rings (SSSR count). The maximum absolute atomic E-state index is 11.3. The van der Waals surface area contributed by atoms with Crippen molar-refractivity contribution in [3.8, 4) is 0 Å². The molecule has 0 amide bonds. The normalized spacial score (nSPS) is 22.5. The average molecular weight is 179 g/mol. The van der Waals surface area contributed by atoms with Crippen molar-refractivity contribution in [3.63, 3.8) is 0 Å². The van der Waals surface area contributed by atoms with Crippen molar-refractivity contribution in [2.75, 3.05) is 0 Å². The smallest absolute Gasteiger partial charge is 0.137 e. The summed E-state index contributed by atoms with van der Waals surface area (Å²) < 4.78 is 1.78. The van der Waals surface area contributed by atoms with Gasteiger partial charge in [0.25, 0.3) is 0 Å². The molecule has 1 aromatic rings. The molecule has 1 heterocycles. The van der Waals surface area contributed by atoms with Crippen LogP contribution < -0.4 is 0 Å². The minimum atomic E-state index is 0.282. The highest BCUT2D eigenvalue weighted by atomic mass is 16.1. The zero-order valence-electron chi connectivity index (χ0n) is 7.52. The Morgan fingerprint density at radius 2 is 2.54 bits per heavy atom. The van der Waals surface area contributed by atoms with Crippen molar-refractivity contribution in [2.24, 2.45) is 5.92 Å². The summed E-state index contributed by atoms with van der Waals surface area (Å²) in [6.45, 7) is 0.816. The predicted octanol–water partition coefficient (Wildman–Crippen LogP) is 1.04. The summed E-state index contributed by atoms with van der Waals surface area (Å²) in [5.74, 6) is 0.712. The Kier molecular flexibility index (Phi) is 2.38. The molecule has 1 fully saturated rings. The molecule has 0 spiro atoms. The average Bonchev–Trinajstić information content (AvgIpc) is 2.72. The Morgan fingerprint density at radius 3 is 3.15 bits per heavy atom. The first-order valence-electron chi connectivity index (χ1n) is 4.71. The summed E-state index contributed by atoms with van der Waals surface area (Å²) >= 11 is 0. The van der Waals surface area contributed by atoms with Crippen LogP contribution in [-0.2, 0) is 11.3 Å². The molecule has 70 valence electrons. The Hall–Kier alpha value is -1.19. The van der Waals surface area contributed by atoms with E-state index in [-0.39, 0.29) is 5.92 Å². The van der Waals surface area contributed by atoms with Crippen LogP contribution >= 0.6 is 0 Å². The van der Waals surface area contributed by atoms with E-state index in [0.717, 1.165) is 32.2 Å². The SMILES string of the molecule is O=C1CCCC1CCn1cncn1. The van der Waals surface area contributed by atoms with Gasteiger partial charge >= 0.3 is 0 Å². The van der Waals surface area contributed by atoms with Crippen LogP contribution in [0.1, 0.15) is 25.7 Å². The van der Waals surface area contributed by atoms with Crippen LogP contribution in [-0.4, -0.2) is 20.5 Å². The highest BCUT2D eigenvalue weighted by Gasteiger charge is 2.23. The number of rotatable bonds is 3. The highest BCUT2D eigenvalue weighted by molar-refractivity contribution is 5.82. The van der Waals surface area contributed by atoms with E-state index in [1.54, 1.807) is 11.0 Å². The summed E-state index contributed by atoms with van der Waals surface area (Å²) in [6.07, 6.45) is 7.05. The first kappa shape index (κ1) is 8.41. The van der Waals surface area contributed by atoms with E-state index in [2.05, 4.69) is 10.1 Å². The number of ketones is 1. The van der Waals surface area contributed by atoms with E-state index in [9.17, 15) is 4.79 Å². The van der Waals surface area contributed by atoms with Gasteiger partial charge in [-0.25, -0.2) is 4.98 Å². The minimum Gasteiger partial charge on any atom is -0.299 e. The number of aryl methyl sites for hydroxylation is 1. The number of Topliss-reactive ketones (excluding diaryl/α,β-unsaturated/α-hetero) is 1. The van der Waals surface area contributed by atoms with Gasteiger partial charge in [-0.15, -0.1) is 0 Å². The van der Waals surface area contributed by atoms with Crippen molar-refractivity contribution < 1.29 is 4.79 Å². The number of hydrogen-bond donors (Lipinski definition) is 0. The molecule has 0 N–H and O–H groups in total. The van der Waals surface area contributed by atoms with Gasteiger partial charge in [0.15, 0.2) is 0 Å². The first-order valence-corrected chi connectivity index (χ1v) is 4.71. The van der Waals surface area contributed by atoms with E-state index in [4.69, 9.17) is 0 Å². The van der Waals surface area contributed by atoms with Crippen LogP contribution in [0.15, 0.2) is 12.7 Å². The third-order valence-electron chi connectivity index (χ3n) is 2.60. The molecule has 1 aliphatic rings. The molecule has 0 aliphatic heterocycles. The lowest BCUT2D eigenvalue weighted by atomic mass is 10.0. The minimum absolute atomic E-state index is 0.282. The van der Waals surface area contributed by atoms with Crippen LogP contribution in [0.3, 0.4) is 0 Å². The maximum Gasteiger partial charge on any atom is 0.137 e. The fourth-order valence-corrected chi connectivity index (χ4v) is 1.83. The van der Waals surface area contributed by atoms with Gasteiger partial charge in [-0.1, -0.05) is 0 Å². The molecular formula is C9H13N3O. The molecule has 4 nitrogen and oxygen atoms in total. The van der Waals surface area contributed by atoms with Gasteiger partial charge in [-0.3, -0.25) is 9.48 Å². The van der Waals surface area contributed by atoms with E-state index in [0.29, 0.717) is 5.78 Å². The summed E-state index contributed by atoms with van der Waals surface area (Å²) in [7, 11) is 0. The summed E-state index contributed by atoms with van der Waals surface area (Å²) in [5, 5.41) is 4.00.